The van der Waals surface area contributed by atoms with Crippen LogP contribution in [0.25, 0.3) is 11.0 Å². The van der Waals surface area contributed by atoms with Crippen LogP contribution in [0.2, 0.25) is 0 Å². The topological polar surface area (TPSA) is 76.4 Å². The number of methoxy groups -OCH3 is 2. The Bertz CT molecular complexity index is 586. The first kappa shape index (κ1) is 13.4. The van der Waals surface area contributed by atoms with Crippen molar-refractivity contribution in [3.8, 4) is 0 Å². The van der Waals surface area contributed by atoms with Gasteiger partial charge < -0.3 is 20.2 Å². The predicted octanol–water partition coefficient (Wildman–Crippen LogP) is 0.991. The fourth-order valence-corrected chi connectivity index (χ4v) is 2.77. The fourth-order valence-electron chi connectivity index (χ4n) is 2.77. The first-order valence-electron chi connectivity index (χ1n) is 6.71. The number of aromatic amines is 1. The maximum atomic E-state index is 5.78. The average Bonchev–Trinajstić information content (AvgIpc) is 3.01. The molecule has 0 amide bonds. The van der Waals surface area contributed by atoms with Gasteiger partial charge in [0.15, 0.2) is 0 Å². The highest BCUT2D eigenvalue weighted by Crippen LogP contribution is 2.20. The molecule has 2 atom stereocenters. The molecule has 1 aliphatic heterocycles. The quantitative estimate of drug-likeness (QED) is 0.814. The molecule has 0 aliphatic carbocycles. The molecule has 0 bridgehead atoms. The van der Waals surface area contributed by atoms with Crippen molar-refractivity contribution in [1.29, 1.82) is 0 Å². The Balaban J connectivity index is 1.73. The van der Waals surface area contributed by atoms with Crippen LogP contribution in [0.3, 0.4) is 0 Å². The molecule has 3 rings (SSSR count). The summed E-state index contributed by atoms with van der Waals surface area (Å²) in [5.74, 6) is 0.942. The number of fused-ring (bicyclic) bond motifs is 1. The maximum absolute atomic E-state index is 5.78. The van der Waals surface area contributed by atoms with Gasteiger partial charge in [-0.2, -0.15) is 0 Å². The average molecular weight is 276 g/mol. The van der Waals surface area contributed by atoms with Crippen LogP contribution in [0.4, 0.5) is 5.69 Å². The molecule has 1 saturated heterocycles. The zero-order valence-electron chi connectivity index (χ0n) is 11.8. The predicted molar refractivity (Wildman–Crippen MR) is 77.4 cm³/mol. The lowest BCUT2D eigenvalue weighted by Gasteiger charge is -2.13. The van der Waals surface area contributed by atoms with Crippen LogP contribution in [0, 0.1) is 0 Å². The molecule has 0 radical (unpaired) electrons. The van der Waals surface area contributed by atoms with Gasteiger partial charge in [0.25, 0.3) is 0 Å². The zero-order chi connectivity index (χ0) is 14.1. The van der Waals surface area contributed by atoms with E-state index in [1.807, 2.05) is 18.2 Å². The Morgan fingerprint density at radius 1 is 1.30 bits per heavy atom. The van der Waals surface area contributed by atoms with Crippen LogP contribution in [-0.2, 0) is 16.0 Å². The largest absolute Gasteiger partial charge is 0.399 e. The van der Waals surface area contributed by atoms with E-state index >= 15 is 0 Å². The number of nitrogens with one attached hydrogen (secondary N) is 1. The van der Waals surface area contributed by atoms with E-state index in [1.165, 1.54) is 0 Å². The lowest BCUT2D eigenvalue weighted by Crippen LogP contribution is -2.27. The van der Waals surface area contributed by atoms with Crippen molar-refractivity contribution in [3.63, 3.8) is 0 Å². The number of likely N-dealkylation sites (tertiary alicyclic amines) is 1. The van der Waals surface area contributed by atoms with E-state index in [1.54, 1.807) is 14.2 Å². The van der Waals surface area contributed by atoms with Crippen molar-refractivity contribution in [1.82, 2.24) is 14.9 Å². The van der Waals surface area contributed by atoms with E-state index in [0.717, 1.165) is 42.2 Å². The van der Waals surface area contributed by atoms with E-state index in [-0.39, 0.29) is 12.2 Å². The van der Waals surface area contributed by atoms with E-state index in [0.29, 0.717) is 0 Å². The number of nitrogens with two attached hydrogens (primary N) is 1. The molecule has 2 heterocycles. The normalized spacial score (nSPS) is 23.7. The van der Waals surface area contributed by atoms with Crippen LogP contribution in [0.15, 0.2) is 18.2 Å². The Morgan fingerprint density at radius 3 is 2.65 bits per heavy atom. The number of nitrogens with zero attached hydrogens (tertiary/aromatic N) is 2. The van der Waals surface area contributed by atoms with Gasteiger partial charge >= 0.3 is 0 Å². The summed E-state index contributed by atoms with van der Waals surface area (Å²) in [6.45, 7) is 2.47. The molecule has 6 nitrogen and oxygen atoms in total. The number of hydrogen-bond donors (Lipinski definition) is 2. The van der Waals surface area contributed by atoms with Crippen LogP contribution in [0.5, 0.6) is 0 Å². The minimum Gasteiger partial charge on any atom is -0.399 e. The van der Waals surface area contributed by atoms with Crippen LogP contribution in [-0.4, -0.2) is 54.4 Å². The van der Waals surface area contributed by atoms with E-state index < -0.39 is 0 Å². The van der Waals surface area contributed by atoms with Gasteiger partial charge in [0.2, 0.25) is 0 Å². The third-order valence-electron chi connectivity index (χ3n) is 3.82. The molecule has 1 aromatic heterocycles. The summed E-state index contributed by atoms with van der Waals surface area (Å²) in [7, 11) is 3.45. The number of H-pyrrole nitrogens is 1. The minimum atomic E-state index is 0.125. The summed E-state index contributed by atoms with van der Waals surface area (Å²) in [5.41, 5.74) is 8.44. The molecular weight excluding hydrogens is 256 g/mol. The third kappa shape index (κ3) is 2.49. The van der Waals surface area contributed by atoms with Gasteiger partial charge in [-0.25, -0.2) is 4.98 Å². The standard InChI is InChI=1S/C14H20N4O2/c1-19-12-6-18(7-13(12)20-2)8-14-16-10-4-3-9(15)5-11(10)17-14/h3-5,12-13H,6-8,15H2,1-2H3,(H,16,17). The van der Waals surface area contributed by atoms with E-state index in [2.05, 4.69) is 14.9 Å². The van der Waals surface area contributed by atoms with E-state index in [9.17, 15) is 0 Å². The second-order valence-electron chi connectivity index (χ2n) is 5.20. The maximum Gasteiger partial charge on any atom is 0.121 e. The molecule has 2 unspecified atom stereocenters. The van der Waals surface area contributed by atoms with Gasteiger partial charge in [-0.05, 0) is 18.2 Å². The number of anilines is 1. The van der Waals surface area contributed by atoms with Crippen LogP contribution in [0.1, 0.15) is 5.82 Å². The molecule has 0 spiro atoms. The molecule has 20 heavy (non-hydrogen) atoms. The van der Waals surface area contributed by atoms with Gasteiger partial charge in [-0.1, -0.05) is 0 Å². The summed E-state index contributed by atoms with van der Waals surface area (Å²) in [5, 5.41) is 0. The molecule has 0 saturated carbocycles. The molecule has 2 aromatic rings. The summed E-state index contributed by atoms with van der Waals surface area (Å²) < 4.78 is 10.9. The van der Waals surface area contributed by atoms with Crippen molar-refractivity contribution >= 4 is 16.7 Å². The van der Waals surface area contributed by atoms with Crippen molar-refractivity contribution < 1.29 is 9.47 Å². The number of hydrogen-bond acceptors (Lipinski definition) is 5. The zero-order valence-corrected chi connectivity index (χ0v) is 11.8. The van der Waals surface area contributed by atoms with Gasteiger partial charge in [-0.15, -0.1) is 0 Å². The summed E-state index contributed by atoms with van der Waals surface area (Å²) in [6.07, 6.45) is 0.250. The smallest absolute Gasteiger partial charge is 0.121 e. The van der Waals surface area contributed by atoms with Crippen molar-refractivity contribution in [3.05, 3.63) is 24.0 Å². The van der Waals surface area contributed by atoms with Crippen molar-refractivity contribution in [2.45, 2.75) is 18.8 Å². The Hall–Kier alpha value is -1.63. The number of rotatable bonds is 4. The number of benzene rings is 1. The SMILES string of the molecule is COC1CN(Cc2nc3ccc(N)cc3[nH]2)CC1OC. The highest BCUT2D eigenvalue weighted by molar-refractivity contribution is 5.78. The summed E-state index contributed by atoms with van der Waals surface area (Å²) in [6, 6.07) is 5.71. The fraction of sp³-hybridized carbons (Fsp3) is 0.500. The number of imidazole rings is 1. The lowest BCUT2D eigenvalue weighted by atomic mass is 10.3. The molecule has 3 N–H and O–H groups in total. The van der Waals surface area contributed by atoms with Gasteiger partial charge in [0.05, 0.1) is 29.8 Å². The molecular formula is C14H20N4O2. The Morgan fingerprint density at radius 2 is 2.00 bits per heavy atom. The lowest BCUT2D eigenvalue weighted by molar-refractivity contribution is -0.00461. The Kier molecular flexibility index (Phi) is 3.60. The molecule has 1 aliphatic rings. The monoisotopic (exact) mass is 276 g/mol. The van der Waals surface area contributed by atoms with Gasteiger partial charge in [0.1, 0.15) is 5.82 Å². The molecule has 1 fully saturated rings. The Labute approximate surface area is 117 Å². The molecule has 1 aromatic carbocycles. The second-order valence-corrected chi connectivity index (χ2v) is 5.20. The van der Waals surface area contributed by atoms with Crippen molar-refractivity contribution in [2.24, 2.45) is 0 Å². The second kappa shape index (κ2) is 5.40. The van der Waals surface area contributed by atoms with Crippen molar-refractivity contribution in [2.75, 3.05) is 33.0 Å². The highest BCUT2D eigenvalue weighted by atomic mass is 16.5. The van der Waals surface area contributed by atoms with Gasteiger partial charge in [0, 0.05) is 33.0 Å². The van der Waals surface area contributed by atoms with Gasteiger partial charge in [-0.3, -0.25) is 4.90 Å². The summed E-state index contributed by atoms with van der Waals surface area (Å²) >= 11 is 0. The first-order valence-corrected chi connectivity index (χ1v) is 6.71. The number of aromatic nitrogens is 2. The number of nitrogen functional groups attached to an aromatic ring is 1. The number of ether oxygens (including phenoxy) is 2. The highest BCUT2D eigenvalue weighted by Gasteiger charge is 2.33. The third-order valence-corrected chi connectivity index (χ3v) is 3.82. The summed E-state index contributed by atoms with van der Waals surface area (Å²) in [4.78, 5) is 10.2. The minimum absolute atomic E-state index is 0.125. The van der Waals surface area contributed by atoms with Crippen LogP contribution < -0.4 is 5.73 Å². The van der Waals surface area contributed by atoms with E-state index in [4.69, 9.17) is 15.2 Å². The molecule has 108 valence electrons. The molecule has 6 heteroatoms. The first-order chi connectivity index (χ1) is 9.69. The van der Waals surface area contributed by atoms with Crippen LogP contribution >= 0.6 is 0 Å².